The SMILES string of the molecule is Cc1cc(C(=O)O)cc(Sc2cccc(F)c2)n1. The molecule has 1 aromatic carbocycles. The summed E-state index contributed by atoms with van der Waals surface area (Å²) in [4.78, 5) is 15.8. The average Bonchev–Trinajstić information content (AvgIpc) is 2.28. The van der Waals surface area contributed by atoms with Crippen molar-refractivity contribution < 1.29 is 14.3 Å². The summed E-state index contributed by atoms with van der Waals surface area (Å²) < 4.78 is 13.0. The van der Waals surface area contributed by atoms with E-state index in [2.05, 4.69) is 4.98 Å². The van der Waals surface area contributed by atoms with Crippen molar-refractivity contribution in [2.75, 3.05) is 0 Å². The minimum absolute atomic E-state index is 0.182. The molecule has 2 rings (SSSR count). The van der Waals surface area contributed by atoms with Crippen LogP contribution in [0.5, 0.6) is 0 Å². The minimum Gasteiger partial charge on any atom is -0.478 e. The van der Waals surface area contributed by atoms with Crippen molar-refractivity contribution in [2.24, 2.45) is 0 Å². The van der Waals surface area contributed by atoms with Gasteiger partial charge in [-0.25, -0.2) is 14.2 Å². The minimum atomic E-state index is -0.999. The molecule has 1 N–H and O–H groups in total. The Morgan fingerprint density at radius 3 is 2.78 bits per heavy atom. The van der Waals surface area contributed by atoms with E-state index in [0.717, 1.165) is 0 Å². The lowest BCUT2D eigenvalue weighted by Crippen LogP contribution is -1.99. The molecule has 0 radical (unpaired) electrons. The maximum absolute atomic E-state index is 13.0. The van der Waals surface area contributed by atoms with Crippen molar-refractivity contribution in [1.82, 2.24) is 4.98 Å². The lowest BCUT2D eigenvalue weighted by molar-refractivity contribution is 0.0696. The van der Waals surface area contributed by atoms with Crippen molar-refractivity contribution in [3.63, 3.8) is 0 Å². The fourth-order valence-corrected chi connectivity index (χ4v) is 2.40. The number of carboxylic acid groups (broad SMARTS) is 1. The molecule has 0 bridgehead atoms. The van der Waals surface area contributed by atoms with Gasteiger partial charge in [0.2, 0.25) is 0 Å². The number of rotatable bonds is 3. The van der Waals surface area contributed by atoms with Gasteiger partial charge in [0.05, 0.1) is 5.56 Å². The summed E-state index contributed by atoms with van der Waals surface area (Å²) in [6.07, 6.45) is 0. The zero-order chi connectivity index (χ0) is 13.1. The molecule has 0 aliphatic rings. The maximum atomic E-state index is 13.0. The van der Waals surface area contributed by atoms with Crippen LogP contribution in [-0.4, -0.2) is 16.1 Å². The third kappa shape index (κ3) is 3.07. The Kier molecular flexibility index (Phi) is 3.62. The van der Waals surface area contributed by atoms with Gasteiger partial charge in [-0.3, -0.25) is 0 Å². The molecule has 0 fully saturated rings. The predicted molar refractivity (Wildman–Crippen MR) is 66.5 cm³/mol. The fourth-order valence-electron chi connectivity index (χ4n) is 1.47. The summed E-state index contributed by atoms with van der Waals surface area (Å²) in [5, 5.41) is 9.49. The molecule has 1 aromatic heterocycles. The number of aryl methyl sites for hydroxylation is 1. The van der Waals surface area contributed by atoms with E-state index < -0.39 is 5.97 Å². The van der Waals surface area contributed by atoms with E-state index in [-0.39, 0.29) is 11.4 Å². The van der Waals surface area contributed by atoms with Crippen LogP contribution in [-0.2, 0) is 0 Å². The molecule has 0 unspecified atom stereocenters. The molecule has 0 saturated heterocycles. The van der Waals surface area contributed by atoms with Crippen molar-refractivity contribution >= 4 is 17.7 Å². The predicted octanol–water partition coefficient (Wildman–Crippen LogP) is 3.38. The Hall–Kier alpha value is -1.88. The van der Waals surface area contributed by atoms with Crippen LogP contribution >= 0.6 is 11.8 Å². The normalized spacial score (nSPS) is 10.3. The average molecular weight is 263 g/mol. The van der Waals surface area contributed by atoms with Gasteiger partial charge in [-0.2, -0.15) is 0 Å². The van der Waals surface area contributed by atoms with Gasteiger partial charge in [-0.15, -0.1) is 0 Å². The smallest absolute Gasteiger partial charge is 0.335 e. The van der Waals surface area contributed by atoms with Gasteiger partial charge in [-0.05, 0) is 37.3 Å². The molecule has 0 aliphatic carbocycles. The summed E-state index contributed by atoms with van der Waals surface area (Å²) in [6, 6.07) is 9.07. The Labute approximate surface area is 108 Å². The molecular weight excluding hydrogens is 253 g/mol. The summed E-state index contributed by atoms with van der Waals surface area (Å²) in [6.45, 7) is 1.72. The van der Waals surface area contributed by atoms with Gasteiger partial charge in [0.1, 0.15) is 10.8 Å². The van der Waals surface area contributed by atoms with E-state index in [1.807, 2.05) is 0 Å². The second kappa shape index (κ2) is 5.18. The molecule has 18 heavy (non-hydrogen) atoms. The van der Waals surface area contributed by atoms with Crippen molar-refractivity contribution in [3.05, 3.63) is 53.5 Å². The van der Waals surface area contributed by atoms with Crippen LogP contribution in [0.1, 0.15) is 16.1 Å². The molecule has 0 atom stereocenters. The van der Waals surface area contributed by atoms with Crippen LogP contribution in [0.2, 0.25) is 0 Å². The lowest BCUT2D eigenvalue weighted by Gasteiger charge is -2.04. The second-order valence-corrected chi connectivity index (χ2v) is 4.79. The number of hydrogen-bond donors (Lipinski definition) is 1. The van der Waals surface area contributed by atoms with Gasteiger partial charge >= 0.3 is 5.97 Å². The van der Waals surface area contributed by atoms with Crippen LogP contribution in [0.25, 0.3) is 0 Å². The van der Waals surface area contributed by atoms with Crippen LogP contribution in [0, 0.1) is 12.7 Å². The third-order valence-corrected chi connectivity index (χ3v) is 3.10. The van der Waals surface area contributed by atoms with E-state index in [1.165, 1.54) is 36.0 Å². The van der Waals surface area contributed by atoms with Crippen LogP contribution in [0.4, 0.5) is 4.39 Å². The van der Waals surface area contributed by atoms with Gasteiger partial charge < -0.3 is 5.11 Å². The first-order valence-electron chi connectivity index (χ1n) is 5.20. The number of pyridine rings is 1. The van der Waals surface area contributed by atoms with E-state index in [1.54, 1.807) is 19.1 Å². The van der Waals surface area contributed by atoms with Gasteiger partial charge in [0.15, 0.2) is 0 Å². The molecular formula is C13H10FNO2S. The largest absolute Gasteiger partial charge is 0.478 e. The zero-order valence-corrected chi connectivity index (χ0v) is 10.4. The van der Waals surface area contributed by atoms with E-state index in [9.17, 15) is 9.18 Å². The van der Waals surface area contributed by atoms with E-state index in [0.29, 0.717) is 15.6 Å². The number of carbonyl (C=O) groups is 1. The van der Waals surface area contributed by atoms with E-state index >= 15 is 0 Å². The maximum Gasteiger partial charge on any atom is 0.335 e. The number of carboxylic acids is 1. The molecule has 0 saturated carbocycles. The molecule has 0 spiro atoms. The first-order valence-corrected chi connectivity index (χ1v) is 6.01. The second-order valence-electron chi connectivity index (χ2n) is 3.70. The highest BCUT2D eigenvalue weighted by Crippen LogP contribution is 2.27. The molecule has 0 aliphatic heterocycles. The number of halogens is 1. The molecule has 3 nitrogen and oxygen atoms in total. The molecule has 5 heteroatoms. The number of benzene rings is 1. The summed E-state index contributed by atoms with van der Waals surface area (Å²) in [7, 11) is 0. The third-order valence-electron chi connectivity index (χ3n) is 2.20. The Morgan fingerprint density at radius 2 is 2.11 bits per heavy atom. The quantitative estimate of drug-likeness (QED) is 0.922. The van der Waals surface area contributed by atoms with Crippen molar-refractivity contribution in [3.8, 4) is 0 Å². The highest BCUT2D eigenvalue weighted by molar-refractivity contribution is 7.99. The molecule has 92 valence electrons. The first-order chi connectivity index (χ1) is 8.54. The highest BCUT2D eigenvalue weighted by Gasteiger charge is 2.08. The fraction of sp³-hybridized carbons (Fsp3) is 0.0769. The number of hydrogen-bond acceptors (Lipinski definition) is 3. The zero-order valence-electron chi connectivity index (χ0n) is 9.55. The molecule has 0 amide bonds. The first kappa shape index (κ1) is 12.6. The molecule has 2 aromatic rings. The number of nitrogens with zero attached hydrogens (tertiary/aromatic N) is 1. The van der Waals surface area contributed by atoms with Gasteiger partial charge in [0.25, 0.3) is 0 Å². The van der Waals surface area contributed by atoms with Gasteiger partial charge in [-0.1, -0.05) is 17.8 Å². The number of aromatic nitrogens is 1. The Balaban J connectivity index is 2.31. The lowest BCUT2D eigenvalue weighted by atomic mass is 10.2. The van der Waals surface area contributed by atoms with Gasteiger partial charge in [0, 0.05) is 10.6 Å². The van der Waals surface area contributed by atoms with E-state index in [4.69, 9.17) is 5.11 Å². The Bertz CT molecular complexity index is 601. The van der Waals surface area contributed by atoms with Crippen molar-refractivity contribution in [1.29, 1.82) is 0 Å². The topological polar surface area (TPSA) is 50.2 Å². The van der Waals surface area contributed by atoms with Crippen molar-refractivity contribution in [2.45, 2.75) is 16.8 Å². The highest BCUT2D eigenvalue weighted by atomic mass is 32.2. The summed E-state index contributed by atoms with van der Waals surface area (Å²) in [5.41, 5.74) is 0.801. The van der Waals surface area contributed by atoms with Crippen LogP contribution in [0.3, 0.4) is 0 Å². The Morgan fingerprint density at radius 1 is 1.33 bits per heavy atom. The van der Waals surface area contributed by atoms with Crippen LogP contribution < -0.4 is 0 Å². The molecule has 1 heterocycles. The number of aromatic carboxylic acids is 1. The summed E-state index contributed by atoms with van der Waals surface area (Å²) in [5.74, 6) is -1.33. The standard InChI is InChI=1S/C13H10FNO2S/c1-8-5-9(13(16)17)6-12(15-8)18-11-4-2-3-10(14)7-11/h2-7H,1H3,(H,16,17). The van der Waals surface area contributed by atoms with Crippen LogP contribution in [0.15, 0.2) is 46.3 Å². The monoisotopic (exact) mass is 263 g/mol. The summed E-state index contributed by atoms with van der Waals surface area (Å²) >= 11 is 1.23.